The average Bonchev–Trinajstić information content (AvgIpc) is 2.37. The molecule has 0 saturated heterocycles. The second-order valence-corrected chi connectivity index (χ2v) is 5.09. The van der Waals surface area contributed by atoms with Gasteiger partial charge in [0.15, 0.2) is 0 Å². The van der Waals surface area contributed by atoms with Crippen LogP contribution >= 0.6 is 0 Å². The molecule has 0 bridgehead atoms. The first-order valence-electron chi connectivity index (χ1n) is 5.32. The van der Waals surface area contributed by atoms with Crippen molar-refractivity contribution < 1.29 is 14.8 Å². The Morgan fingerprint density at radius 3 is 2.41 bits per heavy atom. The SMILES string of the molecule is CC1(C)C=C(/C=C/C(=O)C=[N+]=[N-])C(C)(C)N1[O]. The second-order valence-electron chi connectivity index (χ2n) is 5.09. The maximum absolute atomic E-state index is 12.0. The summed E-state index contributed by atoms with van der Waals surface area (Å²) >= 11 is 0. The van der Waals surface area contributed by atoms with Crippen molar-refractivity contribution >= 4 is 12.0 Å². The number of hydrogen-bond acceptors (Lipinski definition) is 2. The van der Waals surface area contributed by atoms with Gasteiger partial charge in [0, 0.05) is 0 Å². The highest BCUT2D eigenvalue weighted by molar-refractivity contribution is 6.30. The lowest BCUT2D eigenvalue weighted by atomic mass is 9.96. The van der Waals surface area contributed by atoms with Gasteiger partial charge in [-0.05, 0) is 39.3 Å². The standard InChI is InChI=1S/C12H16N3O2/c1-11(2)7-9(12(3,4)15(11)17)5-6-10(16)8-14-13/h5-8H,1-4H3/b6-5+. The van der Waals surface area contributed by atoms with Crippen molar-refractivity contribution in [3.05, 3.63) is 29.3 Å². The lowest BCUT2D eigenvalue weighted by molar-refractivity contribution is -0.238. The number of nitrogens with zero attached hydrogens (tertiary/aromatic N) is 3. The first kappa shape index (κ1) is 13.5. The quantitative estimate of drug-likeness (QED) is 0.321. The summed E-state index contributed by atoms with van der Waals surface area (Å²) in [6, 6.07) is 0. The van der Waals surface area contributed by atoms with Gasteiger partial charge in [0.2, 0.25) is 0 Å². The van der Waals surface area contributed by atoms with Crippen LogP contribution in [0.5, 0.6) is 0 Å². The molecule has 17 heavy (non-hydrogen) atoms. The third-order valence-electron chi connectivity index (χ3n) is 2.86. The molecule has 0 aliphatic carbocycles. The van der Waals surface area contributed by atoms with Gasteiger partial charge in [-0.1, -0.05) is 12.2 Å². The largest absolute Gasteiger partial charge is 0.361 e. The third-order valence-corrected chi connectivity index (χ3v) is 2.86. The van der Waals surface area contributed by atoms with E-state index in [-0.39, 0.29) is 0 Å². The number of hydrogen-bond donors (Lipinski definition) is 0. The predicted molar refractivity (Wildman–Crippen MR) is 62.6 cm³/mol. The van der Waals surface area contributed by atoms with Crippen molar-refractivity contribution in [2.24, 2.45) is 0 Å². The van der Waals surface area contributed by atoms with Gasteiger partial charge in [-0.3, -0.25) is 4.79 Å². The Balaban J connectivity index is 2.99. The summed E-state index contributed by atoms with van der Waals surface area (Å²) < 4.78 is 0. The van der Waals surface area contributed by atoms with E-state index in [2.05, 4.69) is 4.79 Å². The zero-order valence-corrected chi connectivity index (χ0v) is 10.5. The summed E-state index contributed by atoms with van der Waals surface area (Å²) in [6.45, 7) is 7.24. The maximum atomic E-state index is 12.0. The van der Waals surface area contributed by atoms with Gasteiger partial charge in [-0.2, -0.15) is 4.79 Å². The van der Waals surface area contributed by atoms with E-state index in [0.717, 1.165) is 16.9 Å². The third kappa shape index (κ3) is 2.58. The van der Waals surface area contributed by atoms with Crippen LogP contribution in [0, 0.1) is 0 Å². The minimum Gasteiger partial charge on any atom is -0.361 e. The maximum Gasteiger partial charge on any atom is 0.327 e. The summed E-state index contributed by atoms with van der Waals surface area (Å²) in [7, 11) is 0. The molecule has 1 aliphatic heterocycles. The van der Waals surface area contributed by atoms with Gasteiger partial charge in [-0.25, -0.2) is 0 Å². The molecule has 0 aromatic heterocycles. The highest BCUT2D eigenvalue weighted by Crippen LogP contribution is 2.38. The van der Waals surface area contributed by atoms with Gasteiger partial charge in [0.25, 0.3) is 5.78 Å². The van der Waals surface area contributed by atoms with Crippen molar-refractivity contribution in [1.29, 1.82) is 0 Å². The molecule has 0 aromatic rings. The number of carbonyl (C=O) groups is 1. The minimum absolute atomic E-state index is 0.425. The second kappa shape index (κ2) is 4.37. The van der Waals surface area contributed by atoms with Gasteiger partial charge < -0.3 is 5.53 Å². The van der Waals surface area contributed by atoms with Crippen LogP contribution in [0.1, 0.15) is 27.7 Å². The summed E-state index contributed by atoms with van der Waals surface area (Å²) in [6.07, 6.45) is 5.51. The van der Waals surface area contributed by atoms with E-state index >= 15 is 0 Å². The molecule has 1 aliphatic rings. The molecule has 0 spiro atoms. The zero-order valence-electron chi connectivity index (χ0n) is 10.5. The molecule has 5 nitrogen and oxygen atoms in total. The Morgan fingerprint density at radius 1 is 1.41 bits per heavy atom. The van der Waals surface area contributed by atoms with E-state index in [9.17, 15) is 10.0 Å². The Hall–Kier alpha value is -1.55. The highest BCUT2D eigenvalue weighted by atomic mass is 16.5. The minimum atomic E-state index is -0.670. The van der Waals surface area contributed by atoms with E-state index in [1.165, 1.54) is 6.08 Å². The molecule has 1 rings (SSSR count). The van der Waals surface area contributed by atoms with E-state index < -0.39 is 16.9 Å². The van der Waals surface area contributed by atoms with Crippen molar-refractivity contribution in [3.8, 4) is 0 Å². The van der Waals surface area contributed by atoms with Gasteiger partial charge in [-0.15, -0.1) is 10.3 Å². The molecular formula is C12H16N3O2. The fourth-order valence-electron chi connectivity index (χ4n) is 1.98. The lowest BCUT2D eigenvalue weighted by Gasteiger charge is -2.33. The molecule has 0 atom stereocenters. The van der Waals surface area contributed by atoms with E-state index in [1.807, 2.05) is 19.9 Å². The summed E-state index contributed by atoms with van der Waals surface area (Å²) in [5.74, 6) is -0.425. The van der Waals surface area contributed by atoms with E-state index in [1.54, 1.807) is 19.9 Å². The van der Waals surface area contributed by atoms with Crippen molar-refractivity contribution in [2.45, 2.75) is 38.8 Å². The number of carbonyl (C=O) groups excluding carboxylic acids is 1. The first-order chi connectivity index (χ1) is 7.71. The Bertz CT molecular complexity index is 441. The number of ketones is 1. The van der Waals surface area contributed by atoms with Gasteiger partial charge >= 0.3 is 6.21 Å². The molecule has 0 aromatic carbocycles. The van der Waals surface area contributed by atoms with Crippen LogP contribution < -0.4 is 0 Å². The molecule has 0 saturated carbocycles. The van der Waals surface area contributed by atoms with Crippen molar-refractivity contribution in [3.63, 3.8) is 0 Å². The topological polar surface area (TPSA) is 76.6 Å². The summed E-state index contributed by atoms with van der Waals surface area (Å²) in [4.78, 5) is 13.8. The molecule has 1 heterocycles. The molecule has 0 N–H and O–H groups in total. The molecule has 0 amide bonds. The van der Waals surface area contributed by atoms with E-state index in [0.29, 0.717) is 0 Å². The normalized spacial score (nSPS) is 22.3. The van der Waals surface area contributed by atoms with Gasteiger partial charge in [0.1, 0.15) is 0 Å². The fraction of sp³-hybridized carbons (Fsp3) is 0.500. The fourth-order valence-corrected chi connectivity index (χ4v) is 1.98. The molecular weight excluding hydrogens is 218 g/mol. The predicted octanol–water partition coefficient (Wildman–Crippen LogP) is 1.56. The Labute approximate surface area is 101 Å². The molecule has 91 valence electrons. The Kier molecular flexibility index (Phi) is 3.48. The summed E-state index contributed by atoms with van der Waals surface area (Å²) in [5.41, 5.74) is 7.72. The molecule has 1 radical (unpaired) electrons. The molecule has 5 heteroatoms. The monoisotopic (exact) mass is 234 g/mol. The van der Waals surface area contributed by atoms with Crippen molar-refractivity contribution in [2.75, 3.05) is 0 Å². The molecule has 0 unspecified atom stereocenters. The number of rotatable bonds is 3. The van der Waals surface area contributed by atoms with Crippen LogP contribution in [0.25, 0.3) is 5.53 Å². The molecule has 0 fully saturated rings. The van der Waals surface area contributed by atoms with Crippen molar-refractivity contribution in [1.82, 2.24) is 5.06 Å². The zero-order chi connectivity index (χ0) is 13.3. The highest BCUT2D eigenvalue weighted by Gasteiger charge is 2.45. The van der Waals surface area contributed by atoms with Gasteiger partial charge in [0.05, 0.1) is 11.1 Å². The van der Waals surface area contributed by atoms with Crippen LogP contribution in [0.2, 0.25) is 0 Å². The van der Waals surface area contributed by atoms with Crippen LogP contribution in [-0.4, -0.2) is 32.9 Å². The van der Waals surface area contributed by atoms with Crippen LogP contribution in [0.4, 0.5) is 0 Å². The average molecular weight is 234 g/mol. The van der Waals surface area contributed by atoms with Crippen LogP contribution in [-0.2, 0) is 10.0 Å². The lowest BCUT2D eigenvalue weighted by Crippen LogP contribution is -2.46. The van der Waals surface area contributed by atoms with E-state index in [4.69, 9.17) is 5.53 Å². The van der Waals surface area contributed by atoms with Crippen LogP contribution in [0.15, 0.2) is 23.8 Å². The Morgan fingerprint density at radius 2 is 2.00 bits per heavy atom. The van der Waals surface area contributed by atoms with Crippen LogP contribution in [0.3, 0.4) is 0 Å². The smallest absolute Gasteiger partial charge is 0.327 e. The number of allylic oxidation sites excluding steroid dienone is 1. The first-order valence-corrected chi connectivity index (χ1v) is 5.32. The number of hydroxylamine groups is 2. The summed E-state index contributed by atoms with van der Waals surface area (Å²) in [5, 5.41) is 13.0.